The first kappa shape index (κ1) is 15.0. The van der Waals surface area contributed by atoms with E-state index in [1.54, 1.807) is 0 Å². The zero-order valence-corrected chi connectivity index (χ0v) is 14.8. The Labute approximate surface area is 151 Å². The number of pyridine rings is 1. The topological polar surface area (TPSA) is 33.2 Å². The van der Waals surface area contributed by atoms with Crippen LogP contribution in [0, 0.1) is 0 Å². The maximum absolute atomic E-state index is 4.69. The lowest BCUT2D eigenvalue weighted by molar-refractivity contribution is -0.442. The van der Waals surface area contributed by atoms with Crippen LogP contribution in [0.1, 0.15) is 20.3 Å². The van der Waals surface area contributed by atoms with Crippen LogP contribution in [0.5, 0.6) is 0 Å². The summed E-state index contributed by atoms with van der Waals surface area (Å²) < 4.78 is 4.28. The van der Waals surface area contributed by atoms with Gasteiger partial charge in [-0.2, -0.15) is 0 Å². The van der Waals surface area contributed by atoms with E-state index in [1.165, 1.54) is 22.0 Å². The first-order valence-corrected chi connectivity index (χ1v) is 8.83. The molecule has 1 aliphatic rings. The van der Waals surface area contributed by atoms with Crippen LogP contribution in [0.2, 0.25) is 0 Å². The van der Waals surface area contributed by atoms with Crippen LogP contribution in [0.25, 0.3) is 27.6 Å². The van der Waals surface area contributed by atoms with Gasteiger partial charge < -0.3 is 0 Å². The summed E-state index contributed by atoms with van der Waals surface area (Å²) in [5.41, 5.74) is 5.80. The second kappa shape index (κ2) is 5.63. The zero-order valence-electron chi connectivity index (χ0n) is 14.8. The molecule has 4 nitrogen and oxygen atoms in total. The molecule has 0 saturated carbocycles. The molecular formula is C22H19N4+. The van der Waals surface area contributed by atoms with Crippen LogP contribution in [0.3, 0.4) is 0 Å². The highest BCUT2D eigenvalue weighted by molar-refractivity contribution is 6.10. The third-order valence-corrected chi connectivity index (χ3v) is 4.92. The van der Waals surface area contributed by atoms with Gasteiger partial charge in [0, 0.05) is 36.0 Å². The molecule has 0 saturated heterocycles. The van der Waals surface area contributed by atoms with Crippen LogP contribution in [0.15, 0.2) is 72.0 Å². The van der Waals surface area contributed by atoms with E-state index >= 15 is 0 Å². The van der Waals surface area contributed by atoms with Gasteiger partial charge in [-0.25, -0.2) is 4.98 Å². The normalized spacial score (nSPS) is 14.5. The Hall–Kier alpha value is -3.27. The standard InChI is InChI=1S/C22H19N4/c1-15-13-16(2)26(24-15)17-10-11-19-18-7-3-4-8-20(18)25(21(19)14-17)22-9-5-6-12-23-22/h3-12,14H,13H2,1-2H3/q+1. The molecule has 26 heavy (non-hydrogen) atoms. The van der Waals surface area contributed by atoms with Crippen molar-refractivity contribution in [1.82, 2.24) is 9.55 Å². The van der Waals surface area contributed by atoms with Gasteiger partial charge in [0.25, 0.3) is 0 Å². The Kier molecular flexibility index (Phi) is 3.25. The average molecular weight is 339 g/mol. The van der Waals surface area contributed by atoms with Crippen molar-refractivity contribution in [3.63, 3.8) is 0 Å². The number of aromatic nitrogens is 2. The van der Waals surface area contributed by atoms with E-state index in [-0.39, 0.29) is 0 Å². The second-order valence-electron chi connectivity index (χ2n) is 6.80. The minimum atomic E-state index is 0.928. The minimum Gasteiger partial charge on any atom is -0.294 e. The number of hydrogen-bond donors (Lipinski definition) is 0. The molecule has 0 N–H and O–H groups in total. The SMILES string of the molecule is CC1=N[N+](c2ccc3c4ccccc4n(-c4ccccn4)c3c2)=C(C)C1. The smallest absolute Gasteiger partial charge is 0.240 e. The van der Waals surface area contributed by atoms with E-state index in [0.29, 0.717) is 0 Å². The van der Waals surface area contributed by atoms with Crippen molar-refractivity contribution < 1.29 is 4.68 Å². The van der Waals surface area contributed by atoms with Crippen molar-refractivity contribution >= 4 is 38.9 Å². The van der Waals surface area contributed by atoms with Crippen LogP contribution >= 0.6 is 0 Å². The summed E-state index contributed by atoms with van der Waals surface area (Å²) in [5.74, 6) is 0.928. The van der Waals surface area contributed by atoms with Crippen molar-refractivity contribution in [2.24, 2.45) is 5.10 Å². The van der Waals surface area contributed by atoms with Gasteiger partial charge in [0.1, 0.15) is 5.82 Å². The largest absolute Gasteiger partial charge is 0.294 e. The molecule has 2 aromatic heterocycles. The van der Waals surface area contributed by atoms with E-state index < -0.39 is 0 Å². The van der Waals surface area contributed by atoms with Gasteiger partial charge in [0.05, 0.1) is 23.2 Å². The van der Waals surface area contributed by atoms with Gasteiger partial charge in [0.15, 0.2) is 5.71 Å². The Morgan fingerprint density at radius 3 is 2.46 bits per heavy atom. The highest BCUT2D eigenvalue weighted by Gasteiger charge is 2.24. The fourth-order valence-corrected chi connectivity index (χ4v) is 3.84. The summed E-state index contributed by atoms with van der Waals surface area (Å²) in [7, 11) is 0. The third kappa shape index (κ3) is 2.19. The lowest BCUT2D eigenvalue weighted by atomic mass is 10.1. The molecule has 0 atom stereocenters. The number of hydrogen-bond acceptors (Lipinski definition) is 2. The molecule has 0 fully saturated rings. The fourth-order valence-electron chi connectivity index (χ4n) is 3.84. The summed E-state index contributed by atoms with van der Waals surface area (Å²) in [4.78, 5) is 4.59. The molecule has 1 aliphatic heterocycles. The maximum atomic E-state index is 4.69. The molecule has 5 rings (SSSR count). The van der Waals surface area contributed by atoms with Crippen LogP contribution in [-0.2, 0) is 0 Å². The van der Waals surface area contributed by atoms with Gasteiger partial charge in [-0.3, -0.25) is 4.57 Å². The molecule has 2 aromatic carbocycles. The zero-order chi connectivity index (χ0) is 17.7. The Balaban J connectivity index is 1.86. The molecule has 126 valence electrons. The predicted molar refractivity (Wildman–Crippen MR) is 107 cm³/mol. The monoisotopic (exact) mass is 339 g/mol. The summed E-state index contributed by atoms with van der Waals surface area (Å²) in [6, 6.07) is 21.1. The van der Waals surface area contributed by atoms with Gasteiger partial charge >= 0.3 is 0 Å². The lowest BCUT2D eigenvalue weighted by Crippen LogP contribution is -2.03. The Morgan fingerprint density at radius 1 is 0.885 bits per heavy atom. The first-order chi connectivity index (χ1) is 12.7. The first-order valence-electron chi connectivity index (χ1n) is 8.83. The Bertz CT molecular complexity index is 1210. The van der Waals surface area contributed by atoms with Gasteiger partial charge in [-0.05, 0) is 36.3 Å². The number of nitrogens with zero attached hydrogens (tertiary/aromatic N) is 4. The second-order valence-corrected chi connectivity index (χ2v) is 6.80. The molecular weight excluding hydrogens is 320 g/mol. The molecule has 0 spiro atoms. The molecule has 0 bridgehead atoms. The summed E-state index contributed by atoms with van der Waals surface area (Å²) in [6.45, 7) is 4.21. The maximum Gasteiger partial charge on any atom is 0.240 e. The summed E-state index contributed by atoms with van der Waals surface area (Å²) in [5, 5.41) is 7.16. The fraction of sp³-hybridized carbons (Fsp3) is 0.136. The summed E-state index contributed by atoms with van der Waals surface area (Å²) in [6.07, 6.45) is 2.77. The number of benzene rings is 2. The molecule has 4 aromatic rings. The van der Waals surface area contributed by atoms with Crippen LogP contribution < -0.4 is 0 Å². The molecule has 0 aliphatic carbocycles. The van der Waals surface area contributed by atoms with E-state index in [2.05, 4.69) is 70.5 Å². The highest BCUT2D eigenvalue weighted by atomic mass is 15.4. The number of hydrazone groups is 1. The van der Waals surface area contributed by atoms with Gasteiger partial charge in [-0.1, -0.05) is 28.9 Å². The van der Waals surface area contributed by atoms with Gasteiger partial charge in [0.2, 0.25) is 5.69 Å². The van der Waals surface area contributed by atoms with Crippen molar-refractivity contribution in [2.75, 3.05) is 0 Å². The highest BCUT2D eigenvalue weighted by Crippen LogP contribution is 2.34. The van der Waals surface area contributed by atoms with Crippen molar-refractivity contribution in [3.05, 3.63) is 66.9 Å². The molecule has 0 amide bonds. The number of para-hydroxylation sites is 1. The predicted octanol–water partition coefficient (Wildman–Crippen LogP) is 5.06. The van der Waals surface area contributed by atoms with Crippen molar-refractivity contribution in [2.45, 2.75) is 20.3 Å². The Morgan fingerprint density at radius 2 is 1.69 bits per heavy atom. The van der Waals surface area contributed by atoms with Gasteiger partial charge in [-0.15, -0.1) is 0 Å². The quantitative estimate of drug-likeness (QED) is 0.470. The molecule has 0 radical (unpaired) electrons. The van der Waals surface area contributed by atoms with E-state index in [0.717, 1.165) is 29.2 Å². The van der Waals surface area contributed by atoms with Crippen molar-refractivity contribution in [3.8, 4) is 5.82 Å². The van der Waals surface area contributed by atoms with Crippen LogP contribution in [0.4, 0.5) is 5.69 Å². The molecule has 3 heterocycles. The van der Waals surface area contributed by atoms with E-state index in [9.17, 15) is 0 Å². The van der Waals surface area contributed by atoms with E-state index in [4.69, 9.17) is 5.10 Å². The van der Waals surface area contributed by atoms with Crippen LogP contribution in [-0.4, -0.2) is 25.7 Å². The average Bonchev–Trinajstić information content (AvgIpc) is 3.18. The molecule has 4 heteroatoms. The minimum absolute atomic E-state index is 0.928. The summed E-state index contributed by atoms with van der Waals surface area (Å²) >= 11 is 0. The lowest BCUT2D eigenvalue weighted by Gasteiger charge is -2.06. The third-order valence-electron chi connectivity index (χ3n) is 4.92. The molecule has 0 unspecified atom stereocenters. The number of fused-ring (bicyclic) bond motifs is 3. The van der Waals surface area contributed by atoms with E-state index in [1.807, 2.05) is 24.4 Å². The number of rotatable bonds is 2. The van der Waals surface area contributed by atoms with Crippen molar-refractivity contribution in [1.29, 1.82) is 0 Å².